The van der Waals surface area contributed by atoms with Crippen LogP contribution in [0.15, 0.2) is 72.8 Å². The van der Waals surface area contributed by atoms with E-state index in [2.05, 4.69) is 5.32 Å². The number of halogens is 4. The SMILES string of the molecule is Nc1c(C(=O)Nc2ccccc2C(F)(F)F)c2ccccc2n1C(=O)c1ccc(F)cc1. The van der Waals surface area contributed by atoms with Crippen LogP contribution in [0.2, 0.25) is 0 Å². The lowest BCUT2D eigenvalue weighted by molar-refractivity contribution is -0.136. The summed E-state index contributed by atoms with van der Waals surface area (Å²) in [6.07, 6.45) is -4.68. The Morgan fingerprint density at radius 1 is 0.875 bits per heavy atom. The van der Waals surface area contributed by atoms with Gasteiger partial charge in [-0.25, -0.2) is 4.39 Å². The van der Waals surface area contributed by atoms with Crippen molar-refractivity contribution in [3.05, 3.63) is 95.3 Å². The molecule has 0 spiro atoms. The Balaban J connectivity index is 1.81. The predicted octanol–water partition coefficient (Wildman–Crippen LogP) is 5.32. The molecule has 162 valence electrons. The Kier molecular flexibility index (Phi) is 5.17. The van der Waals surface area contributed by atoms with Gasteiger partial charge in [-0.15, -0.1) is 0 Å². The minimum atomic E-state index is -4.68. The summed E-state index contributed by atoms with van der Waals surface area (Å²) in [5.41, 5.74) is 4.95. The molecule has 0 radical (unpaired) electrons. The molecule has 1 aromatic heterocycles. The van der Waals surface area contributed by atoms with Gasteiger partial charge in [0.25, 0.3) is 11.8 Å². The zero-order chi connectivity index (χ0) is 23.0. The Hall–Kier alpha value is -4.14. The summed E-state index contributed by atoms with van der Waals surface area (Å²) in [5.74, 6) is -2.30. The molecule has 3 aromatic carbocycles. The fraction of sp³-hybridized carbons (Fsp3) is 0.0435. The molecule has 0 aliphatic heterocycles. The summed E-state index contributed by atoms with van der Waals surface area (Å²) in [7, 11) is 0. The van der Waals surface area contributed by atoms with Gasteiger partial charge in [0.15, 0.2) is 0 Å². The van der Waals surface area contributed by atoms with Crippen molar-refractivity contribution in [3.8, 4) is 0 Å². The first-order valence-electron chi connectivity index (χ1n) is 9.35. The first-order chi connectivity index (χ1) is 15.2. The van der Waals surface area contributed by atoms with Crippen LogP contribution in [-0.2, 0) is 6.18 Å². The van der Waals surface area contributed by atoms with Crippen LogP contribution in [0.4, 0.5) is 29.1 Å². The predicted molar refractivity (Wildman–Crippen MR) is 112 cm³/mol. The molecule has 0 fully saturated rings. The highest BCUT2D eigenvalue weighted by molar-refractivity contribution is 6.20. The number of nitrogen functional groups attached to an aromatic ring is 1. The van der Waals surface area contributed by atoms with Crippen LogP contribution in [0.1, 0.15) is 26.3 Å². The Bertz CT molecular complexity index is 1340. The molecule has 1 amide bonds. The van der Waals surface area contributed by atoms with E-state index in [1.807, 2.05) is 0 Å². The molecule has 0 aliphatic rings. The molecule has 0 atom stereocenters. The van der Waals surface area contributed by atoms with Gasteiger partial charge < -0.3 is 11.1 Å². The molecule has 9 heteroatoms. The van der Waals surface area contributed by atoms with Crippen LogP contribution in [0.25, 0.3) is 10.9 Å². The van der Waals surface area contributed by atoms with Crippen LogP contribution < -0.4 is 11.1 Å². The van der Waals surface area contributed by atoms with Gasteiger partial charge in [-0.3, -0.25) is 14.2 Å². The maximum absolute atomic E-state index is 13.3. The largest absolute Gasteiger partial charge is 0.418 e. The third-order valence-electron chi connectivity index (χ3n) is 4.91. The fourth-order valence-corrected chi connectivity index (χ4v) is 3.46. The summed E-state index contributed by atoms with van der Waals surface area (Å²) in [6, 6.07) is 15.6. The smallest absolute Gasteiger partial charge is 0.384 e. The van der Waals surface area contributed by atoms with Gasteiger partial charge >= 0.3 is 6.18 Å². The summed E-state index contributed by atoms with van der Waals surface area (Å²) in [6.45, 7) is 0. The minimum Gasteiger partial charge on any atom is -0.384 e. The number of hydrogen-bond donors (Lipinski definition) is 2. The van der Waals surface area contributed by atoms with Crippen LogP contribution in [0.5, 0.6) is 0 Å². The Labute approximate surface area is 179 Å². The standard InChI is InChI=1S/C23H15F4N3O2/c24-14-11-9-13(10-12-14)22(32)30-18-8-4-1-5-15(18)19(20(30)28)21(31)29-17-7-3-2-6-16(17)23(25,26)27/h1-12H,28H2,(H,29,31). The van der Waals surface area contributed by atoms with Gasteiger partial charge in [0.1, 0.15) is 11.6 Å². The molecule has 0 saturated carbocycles. The number of para-hydroxylation sites is 2. The number of aromatic nitrogens is 1. The second-order valence-corrected chi connectivity index (χ2v) is 6.92. The second-order valence-electron chi connectivity index (χ2n) is 6.92. The number of alkyl halides is 3. The maximum atomic E-state index is 13.3. The van der Waals surface area contributed by atoms with Crippen LogP contribution in [0.3, 0.4) is 0 Å². The van der Waals surface area contributed by atoms with Gasteiger partial charge in [0, 0.05) is 10.9 Å². The minimum absolute atomic E-state index is 0.119. The molecule has 0 unspecified atom stereocenters. The van der Waals surface area contributed by atoms with Crippen LogP contribution in [0, 0.1) is 5.82 Å². The van der Waals surface area contributed by atoms with Crippen molar-refractivity contribution >= 4 is 34.2 Å². The van der Waals surface area contributed by atoms with E-state index in [0.717, 1.165) is 28.8 Å². The van der Waals surface area contributed by atoms with Gasteiger partial charge in [0.05, 0.1) is 22.3 Å². The molecule has 32 heavy (non-hydrogen) atoms. The van der Waals surface area contributed by atoms with Gasteiger partial charge in [-0.05, 0) is 42.5 Å². The normalized spacial score (nSPS) is 11.5. The number of nitrogens with zero attached hydrogens (tertiary/aromatic N) is 1. The highest BCUT2D eigenvalue weighted by Crippen LogP contribution is 2.36. The number of rotatable bonds is 3. The Morgan fingerprint density at radius 3 is 2.19 bits per heavy atom. The van der Waals surface area contributed by atoms with Gasteiger partial charge in [0.2, 0.25) is 0 Å². The number of anilines is 2. The lowest BCUT2D eigenvalue weighted by Crippen LogP contribution is -2.19. The van der Waals surface area contributed by atoms with Gasteiger partial charge in [-0.1, -0.05) is 30.3 Å². The highest BCUT2D eigenvalue weighted by atomic mass is 19.4. The number of fused-ring (bicyclic) bond motifs is 1. The Morgan fingerprint density at radius 2 is 1.50 bits per heavy atom. The lowest BCUT2D eigenvalue weighted by Gasteiger charge is -2.13. The van der Waals surface area contributed by atoms with E-state index >= 15 is 0 Å². The summed E-state index contributed by atoms with van der Waals surface area (Å²) in [4.78, 5) is 26.1. The van der Waals surface area contributed by atoms with Crippen LogP contribution >= 0.6 is 0 Å². The quantitative estimate of drug-likeness (QED) is 0.423. The number of amides is 1. The average Bonchev–Trinajstić information content (AvgIpc) is 3.05. The summed E-state index contributed by atoms with van der Waals surface area (Å²) in [5, 5.41) is 2.53. The van der Waals surface area contributed by atoms with Crippen molar-refractivity contribution in [1.29, 1.82) is 0 Å². The van der Waals surface area contributed by atoms with E-state index in [9.17, 15) is 27.2 Å². The number of carbonyl (C=O) groups is 2. The third kappa shape index (κ3) is 3.68. The molecule has 4 rings (SSSR count). The maximum Gasteiger partial charge on any atom is 0.418 e. The van der Waals surface area contributed by atoms with E-state index < -0.39 is 35.1 Å². The molecule has 4 aromatic rings. The van der Waals surface area contributed by atoms with E-state index in [4.69, 9.17) is 5.73 Å². The lowest BCUT2D eigenvalue weighted by atomic mass is 10.1. The van der Waals surface area contributed by atoms with E-state index in [1.165, 1.54) is 30.3 Å². The number of carbonyl (C=O) groups excluding carboxylic acids is 2. The third-order valence-corrected chi connectivity index (χ3v) is 4.91. The summed E-state index contributed by atoms with van der Waals surface area (Å²) >= 11 is 0. The van der Waals surface area contributed by atoms with Crippen molar-refractivity contribution in [1.82, 2.24) is 4.57 Å². The second kappa shape index (κ2) is 7.84. The molecular formula is C23H15F4N3O2. The zero-order valence-corrected chi connectivity index (χ0v) is 16.3. The van der Waals surface area contributed by atoms with E-state index in [-0.39, 0.29) is 27.8 Å². The van der Waals surface area contributed by atoms with Crippen molar-refractivity contribution in [3.63, 3.8) is 0 Å². The van der Waals surface area contributed by atoms with Gasteiger partial charge in [-0.2, -0.15) is 13.2 Å². The molecular weight excluding hydrogens is 426 g/mol. The topological polar surface area (TPSA) is 77.1 Å². The van der Waals surface area contributed by atoms with E-state index in [1.54, 1.807) is 18.2 Å². The first-order valence-corrected chi connectivity index (χ1v) is 9.35. The number of hydrogen-bond acceptors (Lipinski definition) is 3. The molecule has 0 bridgehead atoms. The van der Waals surface area contributed by atoms with Crippen molar-refractivity contribution in [2.45, 2.75) is 6.18 Å². The number of benzene rings is 3. The number of nitrogens with two attached hydrogens (primary N) is 1. The fourth-order valence-electron chi connectivity index (χ4n) is 3.46. The van der Waals surface area contributed by atoms with Crippen LogP contribution in [-0.4, -0.2) is 16.4 Å². The molecule has 5 nitrogen and oxygen atoms in total. The van der Waals surface area contributed by atoms with Crippen molar-refractivity contribution < 1.29 is 27.2 Å². The number of nitrogens with one attached hydrogen (secondary N) is 1. The monoisotopic (exact) mass is 441 g/mol. The van der Waals surface area contributed by atoms with Crippen molar-refractivity contribution in [2.24, 2.45) is 0 Å². The van der Waals surface area contributed by atoms with E-state index in [0.29, 0.717) is 0 Å². The zero-order valence-electron chi connectivity index (χ0n) is 16.3. The molecule has 0 aliphatic carbocycles. The summed E-state index contributed by atoms with van der Waals surface area (Å²) < 4.78 is 54.2. The first kappa shape index (κ1) is 21.1. The highest BCUT2D eigenvalue weighted by Gasteiger charge is 2.34. The molecule has 1 heterocycles. The average molecular weight is 441 g/mol. The molecule has 3 N–H and O–H groups in total. The molecule has 0 saturated heterocycles. The van der Waals surface area contributed by atoms with Crippen molar-refractivity contribution in [2.75, 3.05) is 11.1 Å².